The summed E-state index contributed by atoms with van der Waals surface area (Å²) in [5.41, 5.74) is 1.20. The van der Waals surface area contributed by atoms with Crippen LogP contribution in [0, 0.1) is 12.8 Å². The van der Waals surface area contributed by atoms with Gasteiger partial charge in [-0.05, 0) is 75.3 Å². The third kappa shape index (κ3) is 7.32. The minimum atomic E-state index is -3.84. The fourth-order valence-corrected chi connectivity index (χ4v) is 9.31. The Hall–Kier alpha value is -4.17. The minimum Gasteiger partial charge on any atom is -0.497 e. The summed E-state index contributed by atoms with van der Waals surface area (Å²) in [6.07, 6.45) is 8.69. The van der Waals surface area contributed by atoms with E-state index in [9.17, 15) is 22.8 Å². The Bertz CT molecular complexity index is 1930. The topological polar surface area (TPSA) is 156 Å². The molecule has 3 amide bonds. The molecule has 50 heavy (non-hydrogen) atoms. The lowest BCUT2D eigenvalue weighted by Crippen LogP contribution is -2.57. The van der Waals surface area contributed by atoms with E-state index in [0.717, 1.165) is 47.2 Å². The molecule has 2 aromatic carbocycles. The van der Waals surface area contributed by atoms with Gasteiger partial charge < -0.3 is 25.0 Å². The van der Waals surface area contributed by atoms with Gasteiger partial charge in [-0.25, -0.2) is 13.4 Å². The highest BCUT2D eigenvalue weighted by Gasteiger charge is 2.62. The predicted molar refractivity (Wildman–Crippen MR) is 191 cm³/mol. The molecule has 7 rings (SSSR count). The summed E-state index contributed by atoms with van der Waals surface area (Å²) < 4.78 is 40.6. The second-order valence-electron chi connectivity index (χ2n) is 13.9. The van der Waals surface area contributed by atoms with Gasteiger partial charge in [-0.3, -0.25) is 19.1 Å². The van der Waals surface area contributed by atoms with Gasteiger partial charge in [0.25, 0.3) is 11.1 Å². The Balaban J connectivity index is 1.18. The number of carbonyl (C=O) groups is 3. The van der Waals surface area contributed by atoms with E-state index in [2.05, 4.69) is 20.3 Å². The van der Waals surface area contributed by atoms with Crippen LogP contribution in [0.1, 0.15) is 63.4 Å². The number of aryl methyl sites for hydroxylation is 1. The number of hydrogen-bond acceptors (Lipinski definition) is 10. The molecule has 0 unspecified atom stereocenters. The van der Waals surface area contributed by atoms with E-state index in [1.54, 1.807) is 12.0 Å². The lowest BCUT2D eigenvalue weighted by atomic mass is 10.0. The molecule has 3 aromatic rings. The van der Waals surface area contributed by atoms with E-state index in [0.29, 0.717) is 30.2 Å². The van der Waals surface area contributed by atoms with Gasteiger partial charge in [-0.2, -0.15) is 0 Å². The van der Waals surface area contributed by atoms with E-state index in [1.165, 1.54) is 11.3 Å². The Labute approximate surface area is 296 Å². The van der Waals surface area contributed by atoms with Crippen LogP contribution in [0.25, 0.3) is 10.2 Å². The third-order valence-electron chi connectivity index (χ3n) is 10.0. The van der Waals surface area contributed by atoms with Gasteiger partial charge in [0.05, 0.1) is 29.1 Å². The summed E-state index contributed by atoms with van der Waals surface area (Å²) in [5.74, 6) is -1.22. The van der Waals surface area contributed by atoms with Crippen molar-refractivity contribution in [2.45, 2.75) is 93.7 Å². The van der Waals surface area contributed by atoms with Crippen LogP contribution in [-0.2, 0) is 24.4 Å². The fourth-order valence-electron chi connectivity index (χ4n) is 6.97. The molecule has 3 N–H and O–H groups in total. The summed E-state index contributed by atoms with van der Waals surface area (Å²) >= 11 is 1.41. The number of rotatable bonds is 8. The maximum atomic E-state index is 14.5. The van der Waals surface area contributed by atoms with Crippen molar-refractivity contribution < 1.29 is 32.3 Å². The summed E-state index contributed by atoms with van der Waals surface area (Å²) in [5, 5.41) is 6.20. The standard InChI is InChI=1S/C36H43N5O7S2/c1-22-13-16-28-31(17-22)49-35(38-28)48-26-19-30-32(42)39-36(34(44)40-50(45,46)27-14-15-27)20-23(36)9-6-4-3-5-7-12-29(33(43)41(30)21-26)37-24-10-8-11-25(18-24)47-2/h6,8-11,13,16-18,23,26-27,29-30,37H,3-5,7,12,14-15,19-21H2,1-2H3,(H,39,42)(H,40,44)/t23-,26-,29+,30+,36-/m1/s1. The van der Waals surface area contributed by atoms with Crippen molar-refractivity contribution in [2.24, 2.45) is 5.92 Å². The Kier molecular flexibility index (Phi) is 9.50. The zero-order valence-electron chi connectivity index (χ0n) is 28.2. The summed E-state index contributed by atoms with van der Waals surface area (Å²) in [6.45, 7) is 2.15. The number of amides is 3. The average molecular weight is 722 g/mol. The minimum absolute atomic E-state index is 0.140. The van der Waals surface area contributed by atoms with Crippen LogP contribution in [0.3, 0.4) is 0 Å². The van der Waals surface area contributed by atoms with Crippen molar-refractivity contribution in [2.75, 3.05) is 19.0 Å². The molecule has 0 spiro atoms. The zero-order valence-corrected chi connectivity index (χ0v) is 29.9. The van der Waals surface area contributed by atoms with Crippen LogP contribution in [0.15, 0.2) is 54.6 Å². The summed E-state index contributed by atoms with van der Waals surface area (Å²) in [6, 6.07) is 11.7. The van der Waals surface area contributed by atoms with Crippen molar-refractivity contribution in [1.29, 1.82) is 0 Å². The maximum Gasteiger partial charge on any atom is 0.274 e. The number of aromatic nitrogens is 1. The predicted octanol–water partition coefficient (Wildman–Crippen LogP) is 4.45. The Morgan fingerprint density at radius 2 is 1.94 bits per heavy atom. The van der Waals surface area contributed by atoms with Crippen molar-refractivity contribution >= 4 is 55.0 Å². The fraction of sp³-hybridized carbons (Fsp3) is 0.500. The smallest absolute Gasteiger partial charge is 0.274 e. The summed E-state index contributed by atoms with van der Waals surface area (Å²) in [4.78, 5) is 48.7. The largest absolute Gasteiger partial charge is 0.497 e. The molecule has 5 atom stereocenters. The van der Waals surface area contributed by atoms with Crippen LogP contribution in [-0.4, -0.2) is 78.7 Å². The molecule has 0 bridgehead atoms. The van der Waals surface area contributed by atoms with Gasteiger partial charge in [0.2, 0.25) is 21.8 Å². The Morgan fingerprint density at radius 1 is 1.10 bits per heavy atom. The molecule has 266 valence electrons. The number of hydrogen-bond donors (Lipinski definition) is 3. The molecule has 2 saturated carbocycles. The molecule has 4 aliphatic rings. The van der Waals surface area contributed by atoms with E-state index in [-0.39, 0.29) is 31.2 Å². The van der Waals surface area contributed by atoms with Crippen molar-refractivity contribution in [1.82, 2.24) is 19.9 Å². The number of thiazole rings is 1. The first kappa shape index (κ1) is 34.3. The molecule has 1 aromatic heterocycles. The lowest BCUT2D eigenvalue weighted by molar-refractivity contribution is -0.140. The van der Waals surface area contributed by atoms with Crippen LogP contribution in [0.4, 0.5) is 5.69 Å². The van der Waals surface area contributed by atoms with Gasteiger partial charge in [0.1, 0.15) is 29.5 Å². The first-order valence-electron chi connectivity index (χ1n) is 17.3. The highest BCUT2D eigenvalue weighted by atomic mass is 32.2. The van der Waals surface area contributed by atoms with Gasteiger partial charge >= 0.3 is 0 Å². The SMILES string of the molecule is COc1cccc(N[C@H]2CCCCCC=C[C@@H]3C[C@@]3(C(=O)NS(=O)(=O)C3CC3)NC(=O)[C@@H]3C[C@@H](Oc4nc5ccc(C)cc5s4)CN3C2=O)c1. The number of fused-ring (bicyclic) bond motifs is 3. The number of carbonyl (C=O) groups excluding carboxylic acids is 3. The van der Waals surface area contributed by atoms with E-state index in [1.807, 2.05) is 61.5 Å². The maximum absolute atomic E-state index is 14.5. The number of ether oxygens (including phenoxy) is 2. The number of allylic oxidation sites excluding steroid dienone is 1. The monoisotopic (exact) mass is 721 g/mol. The zero-order chi connectivity index (χ0) is 35.0. The quantitative estimate of drug-likeness (QED) is 0.286. The molecule has 1 saturated heterocycles. The molecule has 2 aliphatic carbocycles. The van der Waals surface area contributed by atoms with Crippen molar-refractivity contribution in [3.8, 4) is 10.9 Å². The molecule has 3 heterocycles. The van der Waals surface area contributed by atoms with Gasteiger partial charge in [-0.15, -0.1) is 0 Å². The number of benzene rings is 2. The molecular weight excluding hydrogens is 679 g/mol. The Morgan fingerprint density at radius 3 is 2.74 bits per heavy atom. The molecule has 2 aliphatic heterocycles. The number of anilines is 1. The van der Waals surface area contributed by atoms with Crippen LogP contribution in [0.5, 0.6) is 10.9 Å². The normalized spacial score (nSPS) is 27.4. The highest BCUT2D eigenvalue weighted by Crippen LogP contribution is 2.46. The average Bonchev–Trinajstić information content (AvgIpc) is 3.98. The molecule has 14 heteroatoms. The van der Waals surface area contributed by atoms with E-state index < -0.39 is 50.8 Å². The molecule has 12 nitrogen and oxygen atoms in total. The summed E-state index contributed by atoms with van der Waals surface area (Å²) in [7, 11) is -2.25. The second-order valence-corrected chi connectivity index (χ2v) is 16.8. The van der Waals surface area contributed by atoms with Gasteiger partial charge in [0, 0.05) is 24.1 Å². The number of sulfonamides is 1. The third-order valence-corrected chi connectivity index (χ3v) is 12.8. The lowest BCUT2D eigenvalue weighted by Gasteiger charge is -2.30. The first-order chi connectivity index (χ1) is 24.0. The van der Waals surface area contributed by atoms with Crippen LogP contribution < -0.4 is 24.8 Å². The van der Waals surface area contributed by atoms with E-state index >= 15 is 0 Å². The highest BCUT2D eigenvalue weighted by molar-refractivity contribution is 7.91. The van der Waals surface area contributed by atoms with Crippen LogP contribution >= 0.6 is 11.3 Å². The van der Waals surface area contributed by atoms with Gasteiger partial charge in [-0.1, -0.05) is 48.5 Å². The molecule has 0 radical (unpaired) electrons. The molecule has 3 fully saturated rings. The first-order valence-corrected chi connectivity index (χ1v) is 19.7. The van der Waals surface area contributed by atoms with Gasteiger partial charge in [0.15, 0.2) is 0 Å². The van der Waals surface area contributed by atoms with Crippen molar-refractivity contribution in [3.05, 3.63) is 60.2 Å². The number of nitrogens with zero attached hydrogens (tertiary/aromatic N) is 2. The van der Waals surface area contributed by atoms with E-state index in [4.69, 9.17) is 9.47 Å². The number of methoxy groups -OCH3 is 1. The number of nitrogens with one attached hydrogen (secondary N) is 3. The molecular formula is C36H43N5O7S2. The van der Waals surface area contributed by atoms with Crippen LogP contribution in [0.2, 0.25) is 0 Å². The van der Waals surface area contributed by atoms with Crippen molar-refractivity contribution in [3.63, 3.8) is 0 Å². The second kappa shape index (κ2) is 13.9.